The number of hydrogen-bond acceptors (Lipinski definition) is 6. The van der Waals surface area contributed by atoms with Crippen LogP contribution in [0.3, 0.4) is 0 Å². The lowest BCUT2D eigenvalue weighted by molar-refractivity contribution is -0.122. The molecule has 5 rings (SSSR count). The summed E-state index contributed by atoms with van der Waals surface area (Å²) in [4.78, 5) is 25.1. The van der Waals surface area contributed by atoms with Gasteiger partial charge >= 0.3 is 4.87 Å². The molecule has 0 spiro atoms. The van der Waals surface area contributed by atoms with Crippen LogP contribution in [0.1, 0.15) is 5.56 Å². The lowest BCUT2D eigenvalue weighted by Gasteiger charge is -2.35. The molecule has 4 aromatic rings. The molecule has 2 heterocycles. The minimum atomic E-state index is -3.92. The fourth-order valence-electron chi connectivity index (χ4n) is 3.88. The van der Waals surface area contributed by atoms with E-state index in [0.29, 0.717) is 17.1 Å². The number of nitrogens with zero attached hydrogens (tertiary/aromatic N) is 2. The van der Waals surface area contributed by atoms with Gasteiger partial charge in [-0.15, -0.1) is 0 Å². The van der Waals surface area contributed by atoms with Crippen molar-refractivity contribution in [2.24, 2.45) is 7.05 Å². The number of aromatic nitrogens is 1. The van der Waals surface area contributed by atoms with Gasteiger partial charge in [-0.05, 0) is 55.0 Å². The van der Waals surface area contributed by atoms with Gasteiger partial charge in [-0.3, -0.25) is 13.9 Å². The average Bonchev–Trinajstić information content (AvgIpc) is 3.11. The van der Waals surface area contributed by atoms with Crippen LogP contribution in [0.4, 0.5) is 11.4 Å². The highest BCUT2D eigenvalue weighted by Crippen LogP contribution is 2.38. The Morgan fingerprint density at radius 2 is 1.85 bits per heavy atom. The van der Waals surface area contributed by atoms with Crippen molar-refractivity contribution < 1.29 is 17.9 Å². The Hall–Kier alpha value is -3.63. The number of nitrogens with one attached hydrogen (secondary N) is 1. The summed E-state index contributed by atoms with van der Waals surface area (Å²) in [6.07, 6.45) is -1.07. The van der Waals surface area contributed by atoms with Crippen LogP contribution < -0.4 is 19.2 Å². The molecule has 1 amide bonds. The van der Waals surface area contributed by atoms with E-state index in [1.54, 1.807) is 66.2 Å². The number of aryl methyl sites for hydroxylation is 2. The smallest absolute Gasteiger partial charge is 0.307 e. The molecule has 0 saturated heterocycles. The monoisotopic (exact) mass is 495 g/mol. The van der Waals surface area contributed by atoms with Crippen LogP contribution in [0.25, 0.3) is 10.2 Å². The Morgan fingerprint density at radius 3 is 2.62 bits per heavy atom. The predicted octanol–water partition coefficient (Wildman–Crippen LogP) is 3.50. The number of anilines is 2. The summed E-state index contributed by atoms with van der Waals surface area (Å²) in [7, 11) is -2.23. The van der Waals surface area contributed by atoms with E-state index >= 15 is 0 Å². The Kier molecular flexibility index (Phi) is 5.41. The van der Waals surface area contributed by atoms with Crippen LogP contribution in [0.5, 0.6) is 5.75 Å². The largest absolute Gasteiger partial charge is 0.476 e. The third-order valence-corrected chi connectivity index (χ3v) is 8.46. The van der Waals surface area contributed by atoms with Crippen molar-refractivity contribution in [3.05, 3.63) is 82.0 Å². The van der Waals surface area contributed by atoms with Crippen molar-refractivity contribution in [1.82, 2.24) is 4.57 Å². The molecular formula is C24H21N3O5S2. The van der Waals surface area contributed by atoms with Crippen LogP contribution in [0.15, 0.2) is 76.4 Å². The number of sulfonamides is 1. The van der Waals surface area contributed by atoms with Crippen molar-refractivity contribution in [2.45, 2.75) is 17.9 Å². The molecule has 1 N–H and O–H groups in total. The Morgan fingerprint density at radius 1 is 1.09 bits per heavy atom. The zero-order valence-corrected chi connectivity index (χ0v) is 20.0. The summed E-state index contributed by atoms with van der Waals surface area (Å²) < 4.78 is 36.4. The molecule has 1 aliphatic rings. The molecule has 34 heavy (non-hydrogen) atoms. The standard InChI is InChI=1S/C24H21N3O5S2/c1-15-8-10-18-20(12-15)32-21(14-27(18)34(30,31)17-6-4-3-5-7-17)23(28)25-16-9-11-19-22(13-16)33-24(29)26(19)2/h3-13,21H,14H2,1-2H3,(H,25,28)/t21-/m1/s1. The highest BCUT2D eigenvalue weighted by molar-refractivity contribution is 7.92. The SMILES string of the molecule is Cc1ccc2c(c1)O[C@@H](C(=O)Nc1ccc3c(c1)sc(=O)n3C)CN2S(=O)(=O)c1ccccc1. The number of thiazole rings is 1. The zero-order valence-electron chi connectivity index (χ0n) is 18.4. The number of carbonyl (C=O) groups excluding carboxylic acids is 1. The van der Waals surface area contributed by atoms with Crippen molar-refractivity contribution in [3.63, 3.8) is 0 Å². The first kappa shape index (κ1) is 22.2. The maximum atomic E-state index is 13.5. The molecule has 1 atom stereocenters. The highest BCUT2D eigenvalue weighted by Gasteiger charge is 2.37. The second kappa shape index (κ2) is 8.30. The molecule has 1 aromatic heterocycles. The minimum absolute atomic E-state index is 0.0946. The number of ether oxygens (including phenoxy) is 1. The van der Waals surface area contributed by atoms with E-state index in [2.05, 4.69) is 5.32 Å². The quantitative estimate of drug-likeness (QED) is 0.467. The number of rotatable bonds is 4. The molecule has 3 aromatic carbocycles. The number of carbonyl (C=O) groups is 1. The molecule has 10 heteroatoms. The predicted molar refractivity (Wildman–Crippen MR) is 132 cm³/mol. The van der Waals surface area contributed by atoms with Gasteiger partial charge in [0.25, 0.3) is 15.9 Å². The highest BCUT2D eigenvalue weighted by atomic mass is 32.2. The molecular weight excluding hydrogens is 474 g/mol. The van der Waals surface area contributed by atoms with Crippen molar-refractivity contribution in [1.29, 1.82) is 0 Å². The molecule has 0 fully saturated rings. The first-order valence-electron chi connectivity index (χ1n) is 10.5. The van der Waals surface area contributed by atoms with E-state index in [1.165, 1.54) is 16.4 Å². The molecule has 0 aliphatic carbocycles. The summed E-state index contributed by atoms with van der Waals surface area (Å²) in [6.45, 7) is 1.68. The van der Waals surface area contributed by atoms with Gasteiger partial charge in [0.1, 0.15) is 5.75 Å². The number of benzene rings is 3. The molecule has 8 nitrogen and oxygen atoms in total. The van der Waals surface area contributed by atoms with E-state index in [9.17, 15) is 18.0 Å². The van der Waals surface area contributed by atoms with E-state index in [1.807, 2.05) is 6.92 Å². The minimum Gasteiger partial charge on any atom is -0.476 e. The number of amides is 1. The van der Waals surface area contributed by atoms with Crippen molar-refractivity contribution in [3.8, 4) is 5.75 Å². The van der Waals surface area contributed by atoms with E-state index in [-0.39, 0.29) is 16.3 Å². The third kappa shape index (κ3) is 3.84. The Bertz CT molecular complexity index is 1580. The number of hydrogen-bond donors (Lipinski definition) is 1. The van der Waals surface area contributed by atoms with Gasteiger partial charge in [0.15, 0.2) is 6.10 Å². The first-order chi connectivity index (χ1) is 16.2. The second-order valence-corrected chi connectivity index (χ2v) is 10.9. The van der Waals surface area contributed by atoms with E-state index < -0.39 is 22.0 Å². The average molecular weight is 496 g/mol. The fourth-order valence-corrected chi connectivity index (χ4v) is 6.30. The summed E-state index contributed by atoms with van der Waals surface area (Å²) in [5, 5.41) is 2.80. The van der Waals surface area contributed by atoms with Gasteiger partial charge in [-0.2, -0.15) is 0 Å². The Labute approximate surface area is 200 Å². The normalized spacial score (nSPS) is 15.6. The molecule has 174 valence electrons. The zero-order chi connectivity index (χ0) is 24.0. The van der Waals surface area contributed by atoms with Crippen LogP contribution in [-0.4, -0.2) is 31.5 Å². The lowest BCUT2D eigenvalue weighted by Crippen LogP contribution is -2.48. The van der Waals surface area contributed by atoms with Gasteiger partial charge < -0.3 is 14.6 Å². The van der Waals surface area contributed by atoms with E-state index in [4.69, 9.17) is 4.74 Å². The van der Waals surface area contributed by atoms with Crippen LogP contribution in [0, 0.1) is 6.92 Å². The summed E-state index contributed by atoms with van der Waals surface area (Å²) >= 11 is 1.09. The second-order valence-electron chi connectivity index (χ2n) is 8.03. The summed E-state index contributed by atoms with van der Waals surface area (Å²) in [5.41, 5.74) is 2.53. The van der Waals surface area contributed by atoms with Gasteiger partial charge in [0, 0.05) is 12.7 Å². The first-order valence-corrected chi connectivity index (χ1v) is 12.8. The third-order valence-electron chi connectivity index (χ3n) is 5.67. The van der Waals surface area contributed by atoms with Crippen molar-refractivity contribution in [2.75, 3.05) is 16.2 Å². The summed E-state index contributed by atoms with van der Waals surface area (Å²) in [5.74, 6) is -0.161. The summed E-state index contributed by atoms with van der Waals surface area (Å²) in [6, 6.07) is 18.5. The van der Waals surface area contributed by atoms with Gasteiger partial charge in [-0.1, -0.05) is 35.6 Å². The molecule has 0 unspecified atom stereocenters. The maximum absolute atomic E-state index is 13.5. The fraction of sp³-hybridized carbons (Fsp3) is 0.167. The molecule has 0 saturated carbocycles. The van der Waals surface area contributed by atoms with Crippen LogP contribution in [0.2, 0.25) is 0 Å². The van der Waals surface area contributed by atoms with Gasteiger partial charge in [-0.25, -0.2) is 8.42 Å². The van der Waals surface area contributed by atoms with Gasteiger partial charge in [0.05, 0.1) is 27.3 Å². The molecule has 0 bridgehead atoms. The lowest BCUT2D eigenvalue weighted by atomic mass is 10.1. The van der Waals surface area contributed by atoms with Gasteiger partial charge in [0.2, 0.25) is 0 Å². The maximum Gasteiger partial charge on any atom is 0.307 e. The van der Waals surface area contributed by atoms with Crippen LogP contribution in [-0.2, 0) is 21.9 Å². The Balaban J connectivity index is 1.48. The van der Waals surface area contributed by atoms with Crippen LogP contribution >= 0.6 is 11.3 Å². The van der Waals surface area contributed by atoms with Crippen molar-refractivity contribution >= 4 is 48.9 Å². The number of fused-ring (bicyclic) bond motifs is 2. The molecule has 1 aliphatic heterocycles. The molecule has 0 radical (unpaired) electrons. The van der Waals surface area contributed by atoms with E-state index in [0.717, 1.165) is 27.1 Å². The topological polar surface area (TPSA) is 97.7 Å².